The van der Waals surface area contributed by atoms with Crippen LogP contribution in [-0.4, -0.2) is 30.5 Å². The van der Waals surface area contributed by atoms with Gasteiger partial charge in [-0.15, -0.1) is 0 Å². The number of pyridine rings is 1. The lowest BCUT2D eigenvalue weighted by Crippen LogP contribution is -2.16. The molecule has 0 unspecified atom stereocenters. The van der Waals surface area contributed by atoms with E-state index in [2.05, 4.69) is 30.7 Å². The van der Waals surface area contributed by atoms with Gasteiger partial charge in [-0.2, -0.15) is 5.10 Å². The van der Waals surface area contributed by atoms with E-state index in [1.165, 1.54) is 29.2 Å². The van der Waals surface area contributed by atoms with Crippen molar-refractivity contribution in [1.82, 2.24) is 24.6 Å². The van der Waals surface area contributed by atoms with Gasteiger partial charge in [0.1, 0.15) is 18.0 Å². The summed E-state index contributed by atoms with van der Waals surface area (Å²) in [5, 5.41) is 11.7. The Balaban J connectivity index is 1.54. The fraction of sp³-hybridized carbons (Fsp3) is 0.0455. The number of nitrogens with two attached hydrogens (primary N) is 1. The number of hydrogen-bond donors (Lipinski definition) is 3. The number of aryl methyl sites for hydroxylation is 1. The molecule has 4 N–H and O–H groups in total. The number of anilines is 4. The van der Waals surface area contributed by atoms with E-state index in [4.69, 9.17) is 17.3 Å². The number of halogens is 2. The highest BCUT2D eigenvalue weighted by Gasteiger charge is 2.18. The maximum atomic E-state index is 14.3. The second-order valence-corrected chi connectivity index (χ2v) is 7.68. The number of nitrogen functional groups attached to an aromatic ring is 1. The van der Waals surface area contributed by atoms with Crippen molar-refractivity contribution in [3.05, 3.63) is 77.2 Å². The Hall–Kier alpha value is -4.31. The van der Waals surface area contributed by atoms with Crippen molar-refractivity contribution < 1.29 is 9.18 Å². The number of carbonyl (C=O) groups is 1. The van der Waals surface area contributed by atoms with E-state index in [1.54, 1.807) is 18.3 Å². The first-order valence-electron chi connectivity index (χ1n) is 9.78. The number of amides is 1. The summed E-state index contributed by atoms with van der Waals surface area (Å²) in [4.78, 5) is 25.4. The summed E-state index contributed by atoms with van der Waals surface area (Å²) < 4.78 is 15.6. The minimum atomic E-state index is -0.504. The summed E-state index contributed by atoms with van der Waals surface area (Å²) in [6.45, 7) is 1.87. The van der Waals surface area contributed by atoms with Crippen molar-refractivity contribution in [3.63, 3.8) is 0 Å². The number of nitrogens with one attached hydrogen (secondary N) is 2. The Morgan fingerprint density at radius 1 is 1.12 bits per heavy atom. The van der Waals surface area contributed by atoms with Crippen LogP contribution < -0.4 is 16.4 Å². The molecule has 3 aromatic heterocycles. The van der Waals surface area contributed by atoms with Crippen molar-refractivity contribution in [2.75, 3.05) is 16.4 Å². The van der Waals surface area contributed by atoms with E-state index in [9.17, 15) is 9.18 Å². The van der Waals surface area contributed by atoms with Crippen molar-refractivity contribution in [3.8, 4) is 0 Å². The minimum Gasteiger partial charge on any atom is -0.381 e. The summed E-state index contributed by atoms with van der Waals surface area (Å²) in [6, 6.07) is 9.81. The van der Waals surface area contributed by atoms with E-state index in [0.717, 1.165) is 10.9 Å². The number of carbonyl (C=O) groups excluding carboxylic acids is 1. The predicted molar refractivity (Wildman–Crippen MR) is 124 cm³/mol. The minimum absolute atomic E-state index is 0.168. The lowest BCUT2D eigenvalue weighted by molar-refractivity contribution is 0.102. The monoisotopic (exact) mass is 462 g/mol. The van der Waals surface area contributed by atoms with E-state index in [-0.39, 0.29) is 22.8 Å². The molecule has 3 heterocycles. The zero-order chi connectivity index (χ0) is 23.1. The van der Waals surface area contributed by atoms with Gasteiger partial charge < -0.3 is 16.4 Å². The van der Waals surface area contributed by atoms with Gasteiger partial charge in [0.15, 0.2) is 17.2 Å². The molecule has 0 aliphatic rings. The average molecular weight is 463 g/mol. The quantitative estimate of drug-likeness (QED) is 0.362. The maximum Gasteiger partial charge on any atom is 0.276 e. The zero-order valence-corrected chi connectivity index (χ0v) is 17.9. The number of hydrogen-bond acceptors (Lipinski definition) is 7. The normalized spacial score (nSPS) is 11.1. The average Bonchev–Trinajstić information content (AvgIpc) is 3.23. The Kier molecular flexibility index (Phi) is 4.98. The second-order valence-electron chi connectivity index (χ2n) is 7.24. The Bertz CT molecular complexity index is 1550. The van der Waals surface area contributed by atoms with Crippen LogP contribution in [0.4, 0.5) is 27.4 Å². The molecule has 0 spiro atoms. The lowest BCUT2D eigenvalue weighted by Gasteiger charge is -2.15. The molecule has 0 bridgehead atoms. The summed E-state index contributed by atoms with van der Waals surface area (Å²) in [5.41, 5.74) is 7.93. The van der Waals surface area contributed by atoms with Crippen molar-refractivity contribution in [2.24, 2.45) is 0 Å². The molecule has 0 radical (unpaired) electrons. The van der Waals surface area contributed by atoms with E-state index >= 15 is 0 Å². The predicted octanol–water partition coefficient (Wildman–Crippen LogP) is 4.35. The van der Waals surface area contributed by atoms with Crippen LogP contribution in [0.5, 0.6) is 0 Å². The molecule has 0 aliphatic heterocycles. The Morgan fingerprint density at radius 2 is 1.97 bits per heavy atom. The molecule has 5 aromatic rings. The summed E-state index contributed by atoms with van der Waals surface area (Å²) >= 11 is 5.84. The molecule has 0 fully saturated rings. The first-order valence-corrected chi connectivity index (χ1v) is 10.2. The van der Waals surface area contributed by atoms with E-state index in [0.29, 0.717) is 21.9 Å². The topological polar surface area (TPSA) is 123 Å². The lowest BCUT2D eigenvalue weighted by atomic mass is 10.1. The second kappa shape index (κ2) is 7.99. The molecule has 0 saturated heterocycles. The molecule has 5 rings (SSSR count). The third-order valence-corrected chi connectivity index (χ3v) is 5.38. The van der Waals surface area contributed by atoms with Crippen LogP contribution in [0.15, 0.2) is 55.1 Å². The number of imidazole rings is 1. The van der Waals surface area contributed by atoms with Gasteiger partial charge in [-0.3, -0.25) is 4.79 Å². The molecule has 33 heavy (non-hydrogen) atoms. The number of aromatic nitrogens is 5. The van der Waals surface area contributed by atoms with Gasteiger partial charge in [0.05, 0.1) is 17.6 Å². The number of fused-ring (bicyclic) bond motifs is 2. The molecule has 0 aliphatic carbocycles. The van der Waals surface area contributed by atoms with Gasteiger partial charge in [0.2, 0.25) is 0 Å². The SMILES string of the molecule is Cc1ccc2c(Nc3ccc(Cl)cc3F)nccc2c1NC(=O)c1cnc2c(N)ncnn12. The zero-order valence-electron chi connectivity index (χ0n) is 17.2. The van der Waals surface area contributed by atoms with Gasteiger partial charge in [-0.05, 0) is 36.8 Å². The highest BCUT2D eigenvalue weighted by molar-refractivity contribution is 6.30. The largest absolute Gasteiger partial charge is 0.381 e. The smallest absolute Gasteiger partial charge is 0.276 e. The maximum absolute atomic E-state index is 14.3. The first-order chi connectivity index (χ1) is 15.9. The van der Waals surface area contributed by atoms with Crippen LogP contribution in [0, 0.1) is 12.7 Å². The number of benzene rings is 2. The third-order valence-electron chi connectivity index (χ3n) is 5.14. The van der Waals surface area contributed by atoms with Crippen LogP contribution in [-0.2, 0) is 0 Å². The van der Waals surface area contributed by atoms with Gasteiger partial charge >= 0.3 is 0 Å². The van der Waals surface area contributed by atoms with Crippen LogP contribution in [0.25, 0.3) is 16.4 Å². The molecular formula is C22H16ClFN8O. The molecule has 2 aromatic carbocycles. The molecule has 11 heteroatoms. The fourth-order valence-corrected chi connectivity index (χ4v) is 3.67. The van der Waals surface area contributed by atoms with Gasteiger partial charge in [0, 0.05) is 22.0 Å². The molecule has 1 amide bonds. The van der Waals surface area contributed by atoms with Gasteiger partial charge in [0.25, 0.3) is 5.91 Å². The van der Waals surface area contributed by atoms with Crippen molar-refractivity contribution in [1.29, 1.82) is 0 Å². The molecule has 0 atom stereocenters. The fourth-order valence-electron chi connectivity index (χ4n) is 3.52. The number of rotatable bonds is 4. The van der Waals surface area contributed by atoms with Crippen LogP contribution in [0.2, 0.25) is 5.02 Å². The van der Waals surface area contributed by atoms with Crippen LogP contribution in [0.1, 0.15) is 16.1 Å². The summed E-state index contributed by atoms with van der Waals surface area (Å²) in [5.74, 6) is -0.330. The summed E-state index contributed by atoms with van der Waals surface area (Å²) in [7, 11) is 0. The van der Waals surface area contributed by atoms with E-state index < -0.39 is 11.7 Å². The molecule has 0 saturated carbocycles. The Morgan fingerprint density at radius 3 is 2.79 bits per heavy atom. The van der Waals surface area contributed by atoms with Crippen molar-refractivity contribution >= 4 is 56.9 Å². The van der Waals surface area contributed by atoms with E-state index in [1.807, 2.05) is 19.1 Å². The van der Waals surface area contributed by atoms with Crippen LogP contribution >= 0.6 is 11.6 Å². The molecular weight excluding hydrogens is 447 g/mol. The van der Waals surface area contributed by atoms with Gasteiger partial charge in [-0.1, -0.05) is 23.7 Å². The van der Waals surface area contributed by atoms with Gasteiger partial charge in [-0.25, -0.2) is 23.9 Å². The highest BCUT2D eigenvalue weighted by atomic mass is 35.5. The highest BCUT2D eigenvalue weighted by Crippen LogP contribution is 2.33. The standard InChI is InChI=1S/C22H16ClFN8O/c1-11-2-4-14-13(6-7-26-20(14)30-16-5-3-12(23)8-15(16)24)18(11)31-22(33)17-9-27-21-19(25)28-10-29-32(17)21/h2-10H,1H3,(H,26,30)(H,31,33)(H2,25,28,29). The van der Waals surface area contributed by atoms with Crippen LogP contribution in [0.3, 0.4) is 0 Å². The molecule has 9 nitrogen and oxygen atoms in total. The van der Waals surface area contributed by atoms with Crippen molar-refractivity contribution in [2.45, 2.75) is 6.92 Å². The summed E-state index contributed by atoms with van der Waals surface area (Å²) in [6.07, 6.45) is 4.22. The first kappa shape index (κ1) is 20.6. The third kappa shape index (κ3) is 3.66. The Labute approximate surface area is 191 Å². The number of nitrogens with zero attached hydrogens (tertiary/aromatic N) is 5. The molecule has 164 valence electrons.